The third-order valence-electron chi connectivity index (χ3n) is 12.9. The van der Waals surface area contributed by atoms with Gasteiger partial charge >= 0.3 is 0 Å². The Balaban J connectivity index is 0.804. The first kappa shape index (κ1) is 51.2. The van der Waals surface area contributed by atoms with Crippen molar-refractivity contribution in [2.45, 2.75) is 110 Å². The Morgan fingerprint density at radius 2 is 1.70 bits per heavy atom. The number of nitrogens with one attached hydrogen (secondary N) is 2. The Morgan fingerprint density at radius 3 is 2.41 bits per heavy atom. The van der Waals surface area contributed by atoms with Crippen LogP contribution in [-0.4, -0.2) is 129 Å². The highest BCUT2D eigenvalue weighted by Gasteiger charge is 2.44. The lowest BCUT2D eigenvalue weighted by atomic mass is 9.77. The molecule has 2 aromatic carbocycles. The van der Waals surface area contributed by atoms with Gasteiger partial charge in [-0.25, -0.2) is 9.97 Å². The lowest BCUT2D eigenvalue weighted by Crippen LogP contribution is -2.50. The molecule has 5 atom stereocenters. The maximum atomic E-state index is 14.0. The zero-order valence-electron chi connectivity index (χ0n) is 40.0. The van der Waals surface area contributed by atoms with E-state index < -0.39 is 29.4 Å². The van der Waals surface area contributed by atoms with E-state index in [0.29, 0.717) is 44.4 Å². The number of aliphatic hydroxyl groups excluding tert-OH is 1. The molecule has 69 heavy (non-hydrogen) atoms. The zero-order valence-corrected chi connectivity index (χ0v) is 40.8. The van der Waals surface area contributed by atoms with Gasteiger partial charge in [-0.2, -0.15) is 0 Å². The van der Waals surface area contributed by atoms with Crippen molar-refractivity contribution in [2.24, 2.45) is 22.8 Å². The van der Waals surface area contributed by atoms with Gasteiger partial charge in [0.1, 0.15) is 12.6 Å². The molecule has 1 saturated carbocycles. The van der Waals surface area contributed by atoms with Crippen LogP contribution in [0.15, 0.2) is 60.2 Å². The van der Waals surface area contributed by atoms with Crippen molar-refractivity contribution in [3.05, 3.63) is 88.4 Å². The number of hydrogen-bond acceptors (Lipinski definition) is 15. The maximum Gasteiger partial charge on any atom is 0.271 e. The van der Waals surface area contributed by atoms with Crippen molar-refractivity contribution in [1.29, 1.82) is 0 Å². The van der Waals surface area contributed by atoms with Crippen molar-refractivity contribution < 1.29 is 38.5 Å². The number of rotatable bonds is 23. The van der Waals surface area contributed by atoms with E-state index in [1.807, 2.05) is 87.9 Å². The first-order valence-corrected chi connectivity index (χ1v) is 24.7. The first-order chi connectivity index (χ1) is 33.2. The summed E-state index contributed by atoms with van der Waals surface area (Å²) in [5.41, 5.74) is 18.6. The summed E-state index contributed by atoms with van der Waals surface area (Å²) in [5, 5.41) is 26.1. The van der Waals surface area contributed by atoms with E-state index >= 15 is 0 Å². The molecule has 0 radical (unpaired) electrons. The van der Waals surface area contributed by atoms with Gasteiger partial charge in [0.2, 0.25) is 17.8 Å². The van der Waals surface area contributed by atoms with Gasteiger partial charge in [0, 0.05) is 74.0 Å². The number of nitrogens with zero attached hydrogens (tertiary/aromatic N) is 6. The molecule has 5 aromatic rings. The summed E-state index contributed by atoms with van der Waals surface area (Å²) in [6.45, 7) is 9.93. The van der Waals surface area contributed by atoms with Crippen LogP contribution in [0.25, 0.3) is 21.3 Å². The fourth-order valence-corrected chi connectivity index (χ4v) is 9.87. The van der Waals surface area contributed by atoms with Gasteiger partial charge in [-0.05, 0) is 54.0 Å². The largest absolute Gasteiger partial charge is 0.391 e. The summed E-state index contributed by atoms with van der Waals surface area (Å²) in [6, 6.07) is 15.1. The number of primary amides is 1. The van der Waals surface area contributed by atoms with Crippen LogP contribution >= 0.6 is 11.3 Å². The number of β-amino-alcohol motifs (C(OH)–C–C–N with tert-alkyl or cyclic N) is 1. The Morgan fingerprint density at radius 1 is 0.957 bits per heavy atom. The summed E-state index contributed by atoms with van der Waals surface area (Å²) < 4.78 is 19.3. The molecule has 1 aliphatic carbocycles. The van der Waals surface area contributed by atoms with Crippen LogP contribution in [0.2, 0.25) is 0 Å². The molecule has 1 saturated heterocycles. The van der Waals surface area contributed by atoms with Crippen LogP contribution in [0.3, 0.4) is 0 Å². The average Bonchev–Trinajstić information content (AvgIpc) is 4.06. The number of aliphatic hydroxyl groups is 1. The molecule has 19 heteroatoms. The van der Waals surface area contributed by atoms with Crippen LogP contribution < -0.4 is 22.1 Å². The molecule has 2 fully saturated rings. The van der Waals surface area contributed by atoms with Crippen molar-refractivity contribution in [2.75, 3.05) is 51.5 Å². The highest BCUT2D eigenvalue weighted by atomic mass is 32.1. The molecule has 3 aromatic heterocycles. The van der Waals surface area contributed by atoms with Crippen molar-refractivity contribution in [1.82, 2.24) is 34.9 Å². The summed E-state index contributed by atoms with van der Waals surface area (Å²) in [5.74, 6) is -2.01. The van der Waals surface area contributed by atoms with E-state index in [9.17, 15) is 24.3 Å². The molecule has 7 rings (SSSR count). The van der Waals surface area contributed by atoms with Gasteiger partial charge in [0.15, 0.2) is 11.5 Å². The van der Waals surface area contributed by atoms with Gasteiger partial charge in [0.05, 0.1) is 60.9 Å². The number of amides is 3. The summed E-state index contributed by atoms with van der Waals surface area (Å²) in [7, 11) is 0. The van der Waals surface area contributed by atoms with E-state index in [4.69, 9.17) is 25.7 Å². The molecular formula is C50H66N10O8S. The molecule has 0 unspecified atom stereocenters. The molecule has 0 spiro atoms. The van der Waals surface area contributed by atoms with Gasteiger partial charge in [0.25, 0.3) is 5.91 Å². The Hall–Kier alpha value is -5.70. The van der Waals surface area contributed by atoms with E-state index in [-0.39, 0.29) is 81.1 Å². The number of hydrogen-bond donors (Lipinski definition) is 5. The predicted octanol–water partition coefficient (Wildman–Crippen LogP) is 4.58. The highest BCUT2D eigenvalue weighted by molar-refractivity contribution is 7.13. The number of Topliss-reactive ketones (excluding diaryl/α,β-unsaturated/α-hetero) is 1. The number of nitrogens with two attached hydrogens (primary N) is 2. The third-order valence-corrected chi connectivity index (χ3v) is 13.9. The molecule has 1 aliphatic heterocycles. The van der Waals surface area contributed by atoms with Crippen LogP contribution in [0.5, 0.6) is 0 Å². The number of benzene rings is 2. The molecule has 2 aliphatic rings. The summed E-state index contributed by atoms with van der Waals surface area (Å²) in [6.07, 6.45) is 5.55. The second kappa shape index (κ2) is 23.7. The van der Waals surface area contributed by atoms with Crippen LogP contribution in [0, 0.1) is 18.3 Å². The van der Waals surface area contributed by atoms with Crippen molar-refractivity contribution in [3.63, 3.8) is 0 Å². The van der Waals surface area contributed by atoms with Gasteiger partial charge < -0.3 is 50.9 Å². The topological polar surface area (TPSA) is 252 Å². The highest BCUT2D eigenvalue weighted by Crippen LogP contribution is 2.34. The number of anilines is 1. The molecule has 0 bridgehead atoms. The molecule has 370 valence electrons. The smallest absolute Gasteiger partial charge is 0.271 e. The van der Waals surface area contributed by atoms with E-state index in [1.165, 1.54) is 4.90 Å². The van der Waals surface area contributed by atoms with Crippen molar-refractivity contribution in [3.8, 4) is 10.4 Å². The van der Waals surface area contributed by atoms with Crippen LogP contribution in [0.4, 0.5) is 5.95 Å². The lowest BCUT2D eigenvalue weighted by Gasteiger charge is -2.34. The van der Waals surface area contributed by atoms with Crippen LogP contribution in [-0.2, 0) is 48.1 Å². The third kappa shape index (κ3) is 13.5. The molecular weight excluding hydrogens is 901 g/mol. The molecule has 18 nitrogen and oxygen atoms in total. The maximum absolute atomic E-state index is 14.0. The van der Waals surface area contributed by atoms with Gasteiger partial charge in [-0.3, -0.25) is 19.2 Å². The van der Waals surface area contributed by atoms with Gasteiger partial charge in [-0.1, -0.05) is 70.0 Å². The SMILES string of the molecule is Cc1ncsc1-c1ccc(CNC(=O)[C@@H]2C[C@@H](O)CN2C(=O)[C@@H](CC(=O)COCCOCCOCCn2ccc3c(Cc4nc(N[C@@H]5CCCC[C@@H]5N)nnc4C(N)=O)cccc32)C(C)(C)C)cc1. The Labute approximate surface area is 406 Å². The number of thiazole rings is 1. The predicted molar refractivity (Wildman–Crippen MR) is 262 cm³/mol. The fourth-order valence-electron chi connectivity index (χ4n) is 9.06. The monoisotopic (exact) mass is 966 g/mol. The Kier molecular flexibility index (Phi) is 17.6. The molecule has 4 heterocycles. The number of carbonyl (C=O) groups is 4. The normalized spacial score (nSPS) is 18.9. The average molecular weight is 967 g/mol. The van der Waals surface area contributed by atoms with Crippen LogP contribution in [0.1, 0.15) is 92.3 Å². The number of likely N-dealkylation sites (tertiary alicyclic amines) is 1. The molecule has 7 N–H and O–H groups in total. The Bertz CT molecular complexity index is 2540. The summed E-state index contributed by atoms with van der Waals surface area (Å²) >= 11 is 1.57. The number of carbonyl (C=O) groups excluding carboxylic acids is 4. The number of aryl methyl sites for hydroxylation is 1. The lowest BCUT2D eigenvalue weighted by molar-refractivity contribution is -0.146. The van der Waals surface area contributed by atoms with Gasteiger partial charge in [-0.15, -0.1) is 21.5 Å². The number of ether oxygens (including phenoxy) is 3. The standard InChI is InChI=1S/C50H66N10O8S/c1-31-45(69-30-54-31)33-14-12-32(13-15-33)27-53-47(64)43-26-35(61)28-60(43)48(65)38(50(2,3)4)25-36(62)29-68-23-22-67-21-20-66-19-18-59-17-16-37-34(8-7-11-42(37)59)24-41-44(46(52)63)57-58-49(56-41)55-40-10-6-5-9-39(40)51/h7-8,11-17,30,35,38-40,43,61H,5-6,9-10,18-29,51H2,1-4H3,(H2,52,63)(H,53,64)(H,55,56,58)/t35-,38-,39+,40-,43+/m1/s1. The number of ketones is 1. The number of fused-ring (bicyclic) bond motifs is 1. The van der Waals surface area contributed by atoms with E-state index in [2.05, 4.69) is 35.4 Å². The van der Waals surface area contributed by atoms with E-state index in [1.54, 1.807) is 11.3 Å². The fraction of sp³-hybridized carbons (Fsp3) is 0.520. The second-order valence-corrected chi connectivity index (χ2v) is 19.9. The zero-order chi connectivity index (χ0) is 49.1. The van der Waals surface area contributed by atoms with Crippen molar-refractivity contribution >= 4 is 51.7 Å². The number of aromatic nitrogens is 5. The quantitative estimate of drug-likeness (QED) is 0.0563. The minimum atomic E-state index is -0.852. The molecule has 3 amide bonds. The summed E-state index contributed by atoms with van der Waals surface area (Å²) in [4.78, 5) is 64.5. The minimum absolute atomic E-state index is 0.00514. The van der Waals surface area contributed by atoms with E-state index in [0.717, 1.165) is 63.8 Å². The second-order valence-electron chi connectivity index (χ2n) is 19.0. The first-order valence-electron chi connectivity index (χ1n) is 23.8. The minimum Gasteiger partial charge on any atom is -0.391 e.